The Morgan fingerprint density at radius 3 is 2.60 bits per heavy atom. The molecule has 7 rings (SSSR count). The molecule has 254 valence electrons. The third kappa shape index (κ3) is 6.35. The van der Waals surface area contributed by atoms with E-state index >= 15 is 0 Å². The molecule has 5 aliphatic rings. The normalized spacial score (nSPS) is 29.9. The van der Waals surface area contributed by atoms with Gasteiger partial charge in [-0.1, -0.05) is 69.0 Å². The summed E-state index contributed by atoms with van der Waals surface area (Å²) in [7, 11) is 0. The van der Waals surface area contributed by atoms with Crippen molar-refractivity contribution in [2.75, 3.05) is 19.6 Å². The lowest BCUT2D eigenvalue weighted by atomic mass is 9.51. The minimum absolute atomic E-state index is 0.0113. The predicted octanol–water partition coefficient (Wildman–Crippen LogP) is 6.61. The van der Waals surface area contributed by atoms with Gasteiger partial charge in [0.2, 0.25) is 5.91 Å². The second kappa shape index (κ2) is 13.9. The van der Waals surface area contributed by atoms with Crippen molar-refractivity contribution in [3.05, 3.63) is 59.2 Å². The van der Waals surface area contributed by atoms with Crippen LogP contribution in [0.1, 0.15) is 108 Å². The lowest BCUT2D eigenvalue weighted by molar-refractivity contribution is -0.143. The molecule has 7 heteroatoms. The van der Waals surface area contributed by atoms with E-state index in [-0.39, 0.29) is 35.5 Å². The van der Waals surface area contributed by atoms with Crippen LogP contribution in [0.25, 0.3) is 0 Å². The van der Waals surface area contributed by atoms with Crippen LogP contribution in [-0.4, -0.2) is 70.7 Å². The molecule has 2 aliphatic heterocycles. The largest absolute Gasteiger partial charge is 0.483 e. The lowest BCUT2D eigenvalue weighted by Crippen LogP contribution is -2.69. The highest BCUT2D eigenvalue weighted by atomic mass is 16.6. The Hall–Kier alpha value is -2.90. The number of carbonyl (C=O) groups is 2. The number of amides is 1. The van der Waals surface area contributed by atoms with Gasteiger partial charge in [-0.25, -0.2) is 0 Å². The molecular formula is C40H54N2O5. The molecule has 1 spiro atoms. The van der Waals surface area contributed by atoms with Gasteiger partial charge >= 0.3 is 5.97 Å². The van der Waals surface area contributed by atoms with Crippen LogP contribution < -0.4 is 9.47 Å². The van der Waals surface area contributed by atoms with Crippen LogP contribution >= 0.6 is 0 Å². The number of aryl methyl sites for hydroxylation is 1. The first kappa shape index (κ1) is 32.6. The number of hydrogen-bond acceptors (Lipinski definition) is 6. The van der Waals surface area contributed by atoms with Gasteiger partial charge in [-0.3, -0.25) is 14.5 Å². The molecule has 1 N–H and O–H groups in total. The number of rotatable bonds is 15. The van der Waals surface area contributed by atoms with Crippen LogP contribution in [0.15, 0.2) is 42.5 Å². The molecule has 2 aromatic carbocycles. The van der Waals surface area contributed by atoms with E-state index < -0.39 is 0 Å². The number of unbranched alkanes of at least 4 members (excludes halogenated alkanes) is 5. The highest BCUT2D eigenvalue weighted by Crippen LogP contribution is 2.64. The summed E-state index contributed by atoms with van der Waals surface area (Å²) in [4.78, 5) is 31.1. The molecule has 2 heterocycles. The van der Waals surface area contributed by atoms with Crippen molar-refractivity contribution in [2.24, 2.45) is 11.8 Å². The second-order valence-corrected chi connectivity index (χ2v) is 15.1. The molecule has 2 aromatic rings. The summed E-state index contributed by atoms with van der Waals surface area (Å²) < 4.78 is 12.8. The number of likely N-dealkylation sites (tertiary alicyclic amines) is 1. The summed E-state index contributed by atoms with van der Waals surface area (Å²) in [6.07, 6.45) is 13.9. The lowest BCUT2D eigenvalue weighted by Gasteiger charge is -2.60. The number of carbonyl (C=O) groups excluding carboxylic acids is 2. The van der Waals surface area contributed by atoms with Crippen LogP contribution in [0, 0.1) is 11.8 Å². The van der Waals surface area contributed by atoms with Crippen molar-refractivity contribution in [1.82, 2.24) is 9.80 Å². The van der Waals surface area contributed by atoms with Crippen molar-refractivity contribution < 1.29 is 24.2 Å². The van der Waals surface area contributed by atoms with Crippen molar-refractivity contribution in [3.8, 4) is 11.5 Å². The molecule has 2 unspecified atom stereocenters. The van der Waals surface area contributed by atoms with Crippen LogP contribution in [0.4, 0.5) is 0 Å². The van der Waals surface area contributed by atoms with Gasteiger partial charge in [-0.15, -0.1) is 0 Å². The van der Waals surface area contributed by atoms with Gasteiger partial charge in [-0.2, -0.15) is 0 Å². The first-order chi connectivity index (χ1) is 22.9. The van der Waals surface area contributed by atoms with E-state index in [9.17, 15) is 14.7 Å². The summed E-state index contributed by atoms with van der Waals surface area (Å²) in [6.45, 7) is 6.36. The third-order valence-electron chi connectivity index (χ3n) is 12.2. The first-order valence-electron chi connectivity index (χ1n) is 18.7. The Labute approximate surface area is 281 Å². The Balaban J connectivity index is 1.08. The zero-order chi connectivity index (χ0) is 32.5. The molecular weight excluding hydrogens is 588 g/mol. The number of hydrogen-bond donors (Lipinski definition) is 1. The highest BCUT2D eigenvalue weighted by Gasteiger charge is 2.67. The summed E-state index contributed by atoms with van der Waals surface area (Å²) in [5.41, 5.74) is 3.79. The quantitative estimate of drug-likeness (QED) is 0.134. The zero-order valence-corrected chi connectivity index (χ0v) is 28.5. The average molecular weight is 643 g/mol. The summed E-state index contributed by atoms with van der Waals surface area (Å²) in [5.74, 6) is 2.03. The molecule has 3 fully saturated rings. The molecule has 3 aliphatic carbocycles. The van der Waals surface area contributed by atoms with E-state index in [0.717, 1.165) is 89.6 Å². The predicted molar refractivity (Wildman–Crippen MR) is 183 cm³/mol. The Morgan fingerprint density at radius 2 is 1.83 bits per heavy atom. The second-order valence-electron chi connectivity index (χ2n) is 15.1. The number of piperidine rings is 1. The van der Waals surface area contributed by atoms with Gasteiger partial charge in [0.05, 0.1) is 12.1 Å². The van der Waals surface area contributed by atoms with Gasteiger partial charge in [0.25, 0.3) is 0 Å². The zero-order valence-electron chi connectivity index (χ0n) is 28.5. The van der Waals surface area contributed by atoms with Gasteiger partial charge in [0.1, 0.15) is 6.10 Å². The molecule has 7 atom stereocenters. The topological polar surface area (TPSA) is 79.3 Å². The average Bonchev–Trinajstić information content (AvgIpc) is 3.65. The van der Waals surface area contributed by atoms with Gasteiger partial charge in [-0.05, 0) is 87.4 Å². The van der Waals surface area contributed by atoms with E-state index in [1.807, 2.05) is 6.07 Å². The highest BCUT2D eigenvalue weighted by molar-refractivity contribution is 5.77. The van der Waals surface area contributed by atoms with Gasteiger partial charge in [0.15, 0.2) is 11.5 Å². The third-order valence-corrected chi connectivity index (χ3v) is 12.2. The maximum Gasteiger partial charge on any atom is 0.308 e. The maximum atomic E-state index is 14.1. The maximum absolute atomic E-state index is 14.1. The first-order valence-corrected chi connectivity index (χ1v) is 18.7. The van der Waals surface area contributed by atoms with Crippen LogP contribution in [0.3, 0.4) is 0 Å². The Bertz CT molecular complexity index is 1430. The number of aliphatic hydroxyl groups excluding tert-OH is 1. The van der Waals surface area contributed by atoms with Crippen LogP contribution in [0.2, 0.25) is 0 Å². The molecule has 1 amide bonds. The monoisotopic (exact) mass is 642 g/mol. The number of esters is 1. The fourth-order valence-corrected chi connectivity index (χ4v) is 9.83. The number of benzene rings is 2. The van der Waals surface area contributed by atoms with Crippen LogP contribution in [0.5, 0.6) is 11.5 Å². The van der Waals surface area contributed by atoms with Gasteiger partial charge < -0.3 is 19.5 Å². The van der Waals surface area contributed by atoms with Crippen LogP contribution in [-0.2, 0) is 27.8 Å². The van der Waals surface area contributed by atoms with E-state index in [1.54, 1.807) is 0 Å². The van der Waals surface area contributed by atoms with E-state index in [0.29, 0.717) is 30.0 Å². The fraction of sp³-hybridized carbons (Fsp3) is 0.650. The summed E-state index contributed by atoms with van der Waals surface area (Å²) in [6, 6.07) is 15.2. The number of nitrogens with zero attached hydrogens (tertiary/aromatic N) is 2. The SMILES string of the molecule is CCCCN(C(=O)CCCCCCCc1ccccc1)[C@H]1CC[C@H]2[C@H]3Cc4ccc(OC(C)=O)c5c4[C@@]2(CCN3CC2CC2O)[C@H]1O5. The van der Waals surface area contributed by atoms with Crippen molar-refractivity contribution >= 4 is 11.9 Å². The molecule has 0 aromatic heterocycles. The van der Waals surface area contributed by atoms with E-state index in [1.165, 1.54) is 42.9 Å². The standard InChI is InChI=1S/C40H54N2O5/c1-3-4-22-42(36(45)16-12-7-5-6-9-13-28-14-10-8-11-15-28)32-19-18-31-33-24-29-17-20-35(46-27(2)43)38-37(29)40(31,39(32)47-38)21-23-41(33)26-30-25-34(30)44/h8,10-11,14-15,17,20,30-34,39,44H,3-7,9,12-13,16,18-19,21-26H2,1-2H3/t30?,31-,32-,33+,34?,39-,40-/m0/s1. The summed E-state index contributed by atoms with van der Waals surface area (Å²) in [5, 5.41) is 10.2. The van der Waals surface area contributed by atoms with Gasteiger partial charge in [0, 0.05) is 49.4 Å². The fourth-order valence-electron chi connectivity index (χ4n) is 9.83. The minimum Gasteiger partial charge on any atom is -0.483 e. The number of ether oxygens (including phenoxy) is 2. The Morgan fingerprint density at radius 1 is 1.04 bits per heavy atom. The van der Waals surface area contributed by atoms with Crippen molar-refractivity contribution in [1.29, 1.82) is 0 Å². The number of aliphatic hydroxyl groups is 1. The van der Waals surface area contributed by atoms with E-state index in [2.05, 4.69) is 53.1 Å². The molecule has 0 radical (unpaired) electrons. The molecule has 7 nitrogen and oxygen atoms in total. The van der Waals surface area contributed by atoms with Crippen molar-refractivity contribution in [2.45, 2.75) is 133 Å². The van der Waals surface area contributed by atoms with E-state index in [4.69, 9.17) is 9.47 Å². The molecule has 2 bridgehead atoms. The Kier molecular flexibility index (Phi) is 9.66. The molecule has 2 saturated carbocycles. The molecule has 1 saturated heterocycles. The summed E-state index contributed by atoms with van der Waals surface area (Å²) >= 11 is 0. The van der Waals surface area contributed by atoms with Crippen molar-refractivity contribution in [3.63, 3.8) is 0 Å². The molecule has 47 heavy (non-hydrogen) atoms. The smallest absolute Gasteiger partial charge is 0.308 e. The minimum atomic E-state index is -0.336.